The molecule has 0 saturated carbocycles. The van der Waals surface area contributed by atoms with Crippen LogP contribution in [0.3, 0.4) is 0 Å². The first-order valence-electron chi connectivity index (χ1n) is 10.0. The first-order chi connectivity index (χ1) is 15.8. The molecule has 3 N–H and O–H groups in total. The van der Waals surface area contributed by atoms with Crippen LogP contribution in [0.1, 0.15) is 11.1 Å². The van der Waals surface area contributed by atoms with Crippen molar-refractivity contribution in [3.8, 4) is 0 Å². The summed E-state index contributed by atoms with van der Waals surface area (Å²) in [6.07, 6.45) is 3.39. The first kappa shape index (κ1) is 24.2. The summed E-state index contributed by atoms with van der Waals surface area (Å²) in [6, 6.07) is 21.3. The minimum atomic E-state index is -3.64. The monoisotopic (exact) mass is 483 g/mol. The number of amides is 1. The largest absolute Gasteiger partial charge is 0.332 e. The number of halogens is 1. The third-order valence-corrected chi connectivity index (χ3v) is 6.19. The van der Waals surface area contributed by atoms with E-state index in [4.69, 9.17) is 12.2 Å². The highest BCUT2D eigenvalue weighted by molar-refractivity contribution is 7.89. The summed E-state index contributed by atoms with van der Waals surface area (Å²) in [6.45, 7) is 0.286. The van der Waals surface area contributed by atoms with Crippen LogP contribution in [0.2, 0.25) is 0 Å². The van der Waals surface area contributed by atoms with Gasteiger partial charge in [0.05, 0.1) is 4.90 Å². The van der Waals surface area contributed by atoms with Crippen LogP contribution in [0.4, 0.5) is 10.1 Å². The molecule has 0 spiro atoms. The van der Waals surface area contributed by atoms with Gasteiger partial charge in [-0.25, -0.2) is 17.5 Å². The molecule has 0 aliphatic heterocycles. The molecule has 0 radical (unpaired) electrons. The molecule has 3 aromatic carbocycles. The third-order valence-electron chi connectivity index (χ3n) is 4.50. The van der Waals surface area contributed by atoms with E-state index >= 15 is 0 Å². The summed E-state index contributed by atoms with van der Waals surface area (Å²) in [7, 11) is -3.64. The number of rotatable bonds is 8. The van der Waals surface area contributed by atoms with E-state index < -0.39 is 15.9 Å². The van der Waals surface area contributed by atoms with E-state index in [1.165, 1.54) is 36.4 Å². The van der Waals surface area contributed by atoms with Crippen LogP contribution in [-0.4, -0.2) is 26.0 Å². The van der Waals surface area contributed by atoms with E-state index in [1.807, 2.05) is 30.3 Å². The van der Waals surface area contributed by atoms with Gasteiger partial charge in [0, 0.05) is 18.3 Å². The summed E-state index contributed by atoms with van der Waals surface area (Å²) >= 11 is 5.11. The van der Waals surface area contributed by atoms with E-state index in [9.17, 15) is 17.6 Å². The molecule has 6 nitrogen and oxygen atoms in total. The fourth-order valence-electron chi connectivity index (χ4n) is 2.84. The SMILES string of the molecule is O=C(C=Cc1ccc(F)cc1)NC(=S)Nc1ccc(S(=O)(=O)NCCc2ccccc2)cc1. The number of nitrogens with one attached hydrogen (secondary N) is 3. The number of carbonyl (C=O) groups is 1. The van der Waals surface area contributed by atoms with Crippen molar-refractivity contribution in [1.82, 2.24) is 10.0 Å². The summed E-state index contributed by atoms with van der Waals surface area (Å²) in [5, 5.41) is 5.37. The number of thiocarbonyl (C=S) groups is 1. The Morgan fingerprint density at radius 1 is 0.939 bits per heavy atom. The van der Waals surface area contributed by atoms with Gasteiger partial charge in [0.15, 0.2) is 5.11 Å². The van der Waals surface area contributed by atoms with E-state index in [2.05, 4.69) is 15.4 Å². The predicted molar refractivity (Wildman–Crippen MR) is 132 cm³/mol. The Hall–Kier alpha value is -3.40. The number of hydrogen-bond donors (Lipinski definition) is 3. The van der Waals surface area contributed by atoms with Gasteiger partial charge in [-0.2, -0.15) is 0 Å². The molecule has 170 valence electrons. The standard InChI is InChI=1S/C24H22FN3O3S2/c25-20-9-6-19(7-10-20)8-15-23(29)28-24(32)27-21-11-13-22(14-12-21)33(30,31)26-17-16-18-4-2-1-3-5-18/h1-15,26H,16-17H2,(H2,27,28,29,32). The number of sulfonamides is 1. The second-order valence-corrected chi connectivity index (χ2v) is 9.16. The van der Waals surface area contributed by atoms with Crippen LogP contribution in [0.15, 0.2) is 89.8 Å². The van der Waals surface area contributed by atoms with Gasteiger partial charge in [-0.15, -0.1) is 0 Å². The average Bonchev–Trinajstić information content (AvgIpc) is 2.79. The first-order valence-corrected chi connectivity index (χ1v) is 11.9. The van der Waals surface area contributed by atoms with Crippen molar-refractivity contribution >= 4 is 45.0 Å². The summed E-state index contributed by atoms with van der Waals surface area (Å²) in [5.74, 6) is -0.817. The highest BCUT2D eigenvalue weighted by atomic mass is 32.2. The molecule has 0 fully saturated rings. The Kier molecular flexibility index (Phi) is 8.42. The van der Waals surface area contributed by atoms with Crippen LogP contribution in [-0.2, 0) is 21.2 Å². The van der Waals surface area contributed by atoms with Gasteiger partial charge >= 0.3 is 0 Å². The van der Waals surface area contributed by atoms with Crippen molar-refractivity contribution in [2.75, 3.05) is 11.9 Å². The lowest BCUT2D eigenvalue weighted by Gasteiger charge is -2.10. The highest BCUT2D eigenvalue weighted by Crippen LogP contribution is 2.14. The molecule has 33 heavy (non-hydrogen) atoms. The topological polar surface area (TPSA) is 87.3 Å². The van der Waals surface area contributed by atoms with Gasteiger partial charge in [-0.1, -0.05) is 42.5 Å². The number of anilines is 1. The van der Waals surface area contributed by atoms with Gasteiger partial charge in [-0.3, -0.25) is 10.1 Å². The third kappa shape index (κ3) is 7.90. The van der Waals surface area contributed by atoms with Crippen molar-refractivity contribution in [3.63, 3.8) is 0 Å². The average molecular weight is 484 g/mol. The van der Waals surface area contributed by atoms with Crippen LogP contribution in [0.25, 0.3) is 6.08 Å². The predicted octanol–water partition coefficient (Wildman–Crippen LogP) is 3.87. The molecule has 0 bridgehead atoms. The maximum atomic E-state index is 12.9. The van der Waals surface area contributed by atoms with Gasteiger partial charge in [0.2, 0.25) is 15.9 Å². The zero-order chi connectivity index (χ0) is 23.7. The number of benzene rings is 3. The molecule has 1 amide bonds. The molecule has 0 aliphatic rings. The molecule has 0 heterocycles. The van der Waals surface area contributed by atoms with E-state index in [0.717, 1.165) is 5.56 Å². The molecule has 9 heteroatoms. The lowest BCUT2D eigenvalue weighted by Crippen LogP contribution is -2.32. The molecular weight excluding hydrogens is 461 g/mol. The van der Waals surface area contributed by atoms with Gasteiger partial charge in [0.25, 0.3) is 0 Å². The Balaban J connectivity index is 1.49. The van der Waals surface area contributed by atoms with Gasteiger partial charge < -0.3 is 5.32 Å². The maximum absolute atomic E-state index is 12.9. The second kappa shape index (κ2) is 11.5. The lowest BCUT2D eigenvalue weighted by atomic mass is 10.2. The lowest BCUT2D eigenvalue weighted by molar-refractivity contribution is -0.115. The molecule has 0 unspecified atom stereocenters. The quantitative estimate of drug-likeness (QED) is 0.334. The van der Waals surface area contributed by atoms with Crippen LogP contribution >= 0.6 is 12.2 Å². The van der Waals surface area contributed by atoms with Crippen molar-refractivity contribution in [2.24, 2.45) is 0 Å². The Morgan fingerprint density at radius 2 is 1.61 bits per heavy atom. The van der Waals surface area contributed by atoms with Crippen LogP contribution < -0.4 is 15.4 Å². The zero-order valence-corrected chi connectivity index (χ0v) is 19.1. The van der Waals surface area contributed by atoms with Crippen LogP contribution in [0.5, 0.6) is 0 Å². The Bertz CT molecular complexity index is 1230. The zero-order valence-electron chi connectivity index (χ0n) is 17.5. The van der Waals surface area contributed by atoms with Crippen molar-refractivity contribution in [2.45, 2.75) is 11.3 Å². The highest BCUT2D eigenvalue weighted by Gasteiger charge is 2.13. The van der Waals surface area contributed by atoms with Crippen molar-refractivity contribution in [1.29, 1.82) is 0 Å². The van der Waals surface area contributed by atoms with E-state index in [1.54, 1.807) is 24.3 Å². The van der Waals surface area contributed by atoms with Gasteiger partial charge in [-0.05, 0) is 72.2 Å². The van der Waals surface area contributed by atoms with E-state index in [-0.39, 0.29) is 22.4 Å². The molecular formula is C24H22FN3O3S2. The minimum absolute atomic E-state index is 0.0559. The summed E-state index contributed by atoms with van der Waals surface area (Å²) in [4.78, 5) is 12.1. The molecule has 3 rings (SSSR count). The molecule has 0 atom stereocenters. The summed E-state index contributed by atoms with van der Waals surface area (Å²) in [5.41, 5.74) is 2.23. The number of hydrogen-bond acceptors (Lipinski definition) is 4. The van der Waals surface area contributed by atoms with E-state index in [0.29, 0.717) is 17.7 Å². The Morgan fingerprint density at radius 3 is 2.27 bits per heavy atom. The second-order valence-electron chi connectivity index (χ2n) is 6.99. The molecule has 3 aromatic rings. The maximum Gasteiger partial charge on any atom is 0.250 e. The summed E-state index contributed by atoms with van der Waals surface area (Å²) < 4.78 is 40.4. The van der Waals surface area contributed by atoms with Gasteiger partial charge in [0.1, 0.15) is 5.82 Å². The fraction of sp³-hybridized carbons (Fsp3) is 0.0833. The molecule has 0 saturated heterocycles. The van der Waals surface area contributed by atoms with Crippen molar-refractivity contribution in [3.05, 3.63) is 102 Å². The van der Waals surface area contributed by atoms with Crippen LogP contribution in [0, 0.1) is 5.82 Å². The molecule has 0 aliphatic carbocycles. The minimum Gasteiger partial charge on any atom is -0.332 e. The number of carbonyl (C=O) groups excluding carboxylic acids is 1. The fourth-order valence-corrected chi connectivity index (χ4v) is 4.09. The smallest absolute Gasteiger partial charge is 0.250 e. The Labute approximate surface area is 197 Å². The van der Waals surface area contributed by atoms with Crippen molar-refractivity contribution < 1.29 is 17.6 Å². The molecule has 0 aromatic heterocycles. The normalized spacial score (nSPS) is 11.3.